The maximum absolute atomic E-state index is 13.1. The molecule has 6 nitrogen and oxygen atoms in total. The van der Waals surface area contributed by atoms with Gasteiger partial charge in [0.15, 0.2) is 5.82 Å². The minimum Gasteiger partial charge on any atom is -0.330 e. The van der Waals surface area contributed by atoms with Gasteiger partial charge in [0.05, 0.1) is 24.5 Å². The molecule has 1 aliphatic carbocycles. The molecular weight excluding hydrogens is 345 g/mol. The molecule has 1 aromatic heterocycles. The highest BCUT2D eigenvalue weighted by molar-refractivity contribution is 5.93. The van der Waals surface area contributed by atoms with Crippen LogP contribution in [0.25, 0.3) is 0 Å². The monoisotopic (exact) mass is 369 g/mol. The number of nitrogens with one attached hydrogen (secondary N) is 1. The van der Waals surface area contributed by atoms with Crippen LogP contribution in [-0.2, 0) is 5.54 Å². The van der Waals surface area contributed by atoms with Crippen LogP contribution in [0, 0.1) is 5.82 Å². The Bertz CT molecular complexity index is 816. The Balaban J connectivity index is 1.54. The first-order valence-electron chi connectivity index (χ1n) is 9.24. The Hall–Kier alpha value is -2.54. The van der Waals surface area contributed by atoms with E-state index in [0.29, 0.717) is 6.54 Å². The third-order valence-electron chi connectivity index (χ3n) is 6.13. The van der Waals surface area contributed by atoms with Gasteiger partial charge in [-0.25, -0.2) is 19.2 Å². The lowest BCUT2D eigenvalue weighted by molar-refractivity contribution is 0.0657. The summed E-state index contributed by atoms with van der Waals surface area (Å²) in [4.78, 5) is 24.3. The summed E-state index contributed by atoms with van der Waals surface area (Å²) in [6.07, 6.45) is 5.81. The van der Waals surface area contributed by atoms with Gasteiger partial charge in [-0.15, -0.1) is 0 Å². The van der Waals surface area contributed by atoms with E-state index in [4.69, 9.17) is 0 Å². The van der Waals surface area contributed by atoms with Gasteiger partial charge in [0.1, 0.15) is 0 Å². The topological polar surface area (TPSA) is 61.4 Å². The van der Waals surface area contributed by atoms with Crippen molar-refractivity contribution in [1.82, 2.24) is 20.2 Å². The molecule has 27 heavy (non-hydrogen) atoms. The van der Waals surface area contributed by atoms with Crippen LogP contribution in [0.5, 0.6) is 0 Å². The Kier molecular flexibility index (Phi) is 4.34. The molecule has 1 aromatic carbocycles. The van der Waals surface area contributed by atoms with Crippen molar-refractivity contribution < 1.29 is 9.18 Å². The minimum absolute atomic E-state index is 0.0307. The zero-order valence-electron chi connectivity index (χ0n) is 15.7. The van der Waals surface area contributed by atoms with Crippen LogP contribution in [0.15, 0.2) is 42.7 Å². The van der Waals surface area contributed by atoms with Crippen molar-refractivity contribution in [1.29, 1.82) is 0 Å². The molecule has 2 aromatic rings. The van der Waals surface area contributed by atoms with Gasteiger partial charge in [0, 0.05) is 5.54 Å². The van der Waals surface area contributed by atoms with E-state index in [0.717, 1.165) is 38.1 Å². The number of benzene rings is 1. The third-order valence-corrected chi connectivity index (χ3v) is 6.13. The van der Waals surface area contributed by atoms with Crippen LogP contribution in [0.3, 0.4) is 0 Å². The number of carbonyl (C=O) groups excluding carboxylic acids is 1. The normalized spacial score (nSPS) is 28.0. The SMILES string of the molecule is CN(C)[C@]1(c2ccccc2)CC[C@@]2(CC1)CN(c1ncc(F)cn1)C(=O)N2. The molecule has 4 rings (SSSR count). The van der Waals surface area contributed by atoms with Crippen molar-refractivity contribution >= 4 is 12.0 Å². The van der Waals surface area contributed by atoms with E-state index in [1.807, 2.05) is 6.07 Å². The highest BCUT2D eigenvalue weighted by atomic mass is 19.1. The molecule has 142 valence electrons. The van der Waals surface area contributed by atoms with Crippen LogP contribution in [0.2, 0.25) is 0 Å². The Morgan fingerprint density at radius 3 is 2.30 bits per heavy atom. The number of halogens is 1. The van der Waals surface area contributed by atoms with Crippen LogP contribution in [0.1, 0.15) is 31.2 Å². The fourth-order valence-electron chi connectivity index (χ4n) is 4.48. The number of hydrogen-bond acceptors (Lipinski definition) is 4. The van der Waals surface area contributed by atoms with E-state index in [1.54, 1.807) is 0 Å². The maximum Gasteiger partial charge on any atom is 0.324 e. The van der Waals surface area contributed by atoms with Gasteiger partial charge >= 0.3 is 6.03 Å². The van der Waals surface area contributed by atoms with Crippen LogP contribution < -0.4 is 10.2 Å². The molecule has 2 aliphatic rings. The maximum atomic E-state index is 13.1. The first kappa shape index (κ1) is 17.9. The van der Waals surface area contributed by atoms with E-state index in [1.165, 1.54) is 10.5 Å². The lowest BCUT2D eigenvalue weighted by Gasteiger charge is -2.48. The highest BCUT2D eigenvalue weighted by Crippen LogP contribution is 2.46. The standard InChI is InChI=1S/C20H24FN5O/c1-25(2)20(15-6-4-3-5-7-15)10-8-19(9-11-20)14-26(18(27)24-19)17-22-12-16(21)13-23-17/h3-7,12-13H,8-11,14H2,1-2H3,(H,24,27)/t19-,20-. The van der Waals surface area contributed by atoms with E-state index >= 15 is 0 Å². The predicted octanol–water partition coefficient (Wildman–Crippen LogP) is 2.92. The van der Waals surface area contributed by atoms with E-state index in [9.17, 15) is 9.18 Å². The van der Waals surface area contributed by atoms with Crippen molar-refractivity contribution in [3.05, 3.63) is 54.1 Å². The van der Waals surface area contributed by atoms with Gasteiger partial charge in [-0.3, -0.25) is 9.80 Å². The van der Waals surface area contributed by atoms with Crippen LogP contribution >= 0.6 is 0 Å². The van der Waals surface area contributed by atoms with Gasteiger partial charge in [-0.1, -0.05) is 30.3 Å². The molecular formula is C20H24FN5O. The molecule has 1 N–H and O–H groups in total. The van der Waals surface area contributed by atoms with Gasteiger partial charge in [-0.05, 0) is 45.3 Å². The smallest absolute Gasteiger partial charge is 0.324 e. The number of hydrogen-bond donors (Lipinski definition) is 1. The number of urea groups is 1. The van der Waals surface area contributed by atoms with Crippen LogP contribution in [-0.4, -0.2) is 47.1 Å². The molecule has 1 spiro atoms. The predicted molar refractivity (Wildman–Crippen MR) is 101 cm³/mol. The molecule has 2 amide bonds. The second kappa shape index (κ2) is 6.56. The summed E-state index contributed by atoms with van der Waals surface area (Å²) in [5, 5.41) is 3.16. The molecule has 1 saturated heterocycles. The summed E-state index contributed by atoms with van der Waals surface area (Å²) in [6.45, 7) is 0.510. The van der Waals surface area contributed by atoms with Crippen molar-refractivity contribution in [2.75, 3.05) is 25.5 Å². The summed E-state index contributed by atoms with van der Waals surface area (Å²) in [5.41, 5.74) is 0.994. The molecule has 0 unspecified atom stereocenters. The average molecular weight is 369 g/mol. The van der Waals surface area contributed by atoms with Gasteiger partial charge in [0.25, 0.3) is 0 Å². The molecule has 2 heterocycles. The van der Waals surface area contributed by atoms with Gasteiger partial charge in [0.2, 0.25) is 5.95 Å². The molecule has 1 saturated carbocycles. The number of rotatable bonds is 3. The van der Waals surface area contributed by atoms with E-state index in [-0.39, 0.29) is 23.1 Å². The summed E-state index contributed by atoms with van der Waals surface area (Å²) in [5.74, 6) is -0.261. The molecule has 2 fully saturated rings. The summed E-state index contributed by atoms with van der Waals surface area (Å²) in [6, 6.07) is 10.4. The Morgan fingerprint density at radius 2 is 1.70 bits per heavy atom. The highest BCUT2D eigenvalue weighted by Gasteiger charge is 2.50. The molecule has 7 heteroatoms. The van der Waals surface area contributed by atoms with Crippen molar-refractivity contribution in [2.45, 2.75) is 36.8 Å². The zero-order chi connectivity index (χ0) is 19.1. The average Bonchev–Trinajstić information content (AvgIpc) is 3.00. The third kappa shape index (κ3) is 3.06. The number of anilines is 1. The molecule has 0 bridgehead atoms. The quantitative estimate of drug-likeness (QED) is 0.904. The largest absolute Gasteiger partial charge is 0.330 e. The molecule has 0 radical (unpaired) electrons. The first-order valence-corrected chi connectivity index (χ1v) is 9.24. The fourth-order valence-corrected chi connectivity index (χ4v) is 4.48. The number of aromatic nitrogens is 2. The molecule has 1 aliphatic heterocycles. The second-order valence-corrected chi connectivity index (χ2v) is 7.79. The number of carbonyl (C=O) groups is 1. The van der Waals surface area contributed by atoms with Gasteiger partial charge < -0.3 is 5.32 Å². The Morgan fingerprint density at radius 1 is 1.07 bits per heavy atom. The lowest BCUT2D eigenvalue weighted by Crippen LogP contribution is -2.54. The lowest BCUT2D eigenvalue weighted by atomic mass is 9.69. The summed E-state index contributed by atoms with van der Waals surface area (Å²) in [7, 11) is 4.24. The van der Waals surface area contributed by atoms with Gasteiger partial charge in [-0.2, -0.15) is 0 Å². The van der Waals surface area contributed by atoms with Crippen molar-refractivity contribution in [3.8, 4) is 0 Å². The summed E-state index contributed by atoms with van der Waals surface area (Å²) < 4.78 is 13.1. The Labute approximate surface area is 158 Å². The number of amides is 2. The van der Waals surface area contributed by atoms with E-state index < -0.39 is 5.82 Å². The zero-order valence-corrected chi connectivity index (χ0v) is 15.7. The summed E-state index contributed by atoms with van der Waals surface area (Å²) >= 11 is 0. The second-order valence-electron chi connectivity index (χ2n) is 7.79. The number of nitrogens with zero attached hydrogens (tertiary/aromatic N) is 4. The fraction of sp³-hybridized carbons (Fsp3) is 0.450. The van der Waals surface area contributed by atoms with E-state index in [2.05, 4.69) is 58.5 Å². The van der Waals surface area contributed by atoms with Crippen molar-refractivity contribution in [2.24, 2.45) is 0 Å². The van der Waals surface area contributed by atoms with Crippen molar-refractivity contribution in [3.63, 3.8) is 0 Å². The first-order chi connectivity index (χ1) is 12.9. The molecule has 0 atom stereocenters. The minimum atomic E-state index is -0.510. The van der Waals surface area contributed by atoms with Crippen LogP contribution in [0.4, 0.5) is 15.1 Å².